The summed E-state index contributed by atoms with van der Waals surface area (Å²) in [5.74, 6) is 1.49. The molecule has 6 aromatic carbocycles. The molecule has 0 unspecified atom stereocenters. The fourth-order valence-corrected chi connectivity index (χ4v) is 18.1. The molecule has 6 aromatic heterocycles. The second-order valence-electron chi connectivity index (χ2n) is 32.2. The van der Waals surface area contributed by atoms with E-state index in [1.54, 1.807) is 12.4 Å². The van der Waals surface area contributed by atoms with Gasteiger partial charge < -0.3 is 35.3 Å². The Balaban J connectivity index is 0.000000161. The maximum absolute atomic E-state index is 13.7. The number of pyridine rings is 3. The Morgan fingerprint density at radius 3 is 1.05 bits per heavy atom. The van der Waals surface area contributed by atoms with Crippen molar-refractivity contribution in [2.45, 2.75) is 155 Å². The molecule has 0 spiro atoms. The van der Waals surface area contributed by atoms with Crippen molar-refractivity contribution in [3.8, 4) is 50.6 Å². The van der Waals surface area contributed by atoms with Gasteiger partial charge in [0.2, 0.25) is 0 Å². The molecule has 0 radical (unpaired) electrons. The van der Waals surface area contributed by atoms with Crippen LogP contribution < -0.4 is 30.2 Å². The van der Waals surface area contributed by atoms with Gasteiger partial charge in [-0.05, 0) is 315 Å². The Morgan fingerprint density at radius 1 is 0.392 bits per heavy atom. The minimum Gasteiger partial charge on any atom is -0.494 e. The molecule has 0 saturated heterocycles. The second-order valence-corrected chi connectivity index (χ2v) is 34.6. The first-order chi connectivity index (χ1) is 59.5. The zero-order valence-electron chi connectivity index (χ0n) is 73.2. The van der Waals surface area contributed by atoms with Crippen LogP contribution in [0.3, 0.4) is 0 Å². The van der Waals surface area contributed by atoms with Crippen molar-refractivity contribution in [1.29, 1.82) is 0 Å². The summed E-state index contributed by atoms with van der Waals surface area (Å²) in [5.41, 5.74) is 31.2. The van der Waals surface area contributed by atoms with E-state index in [-0.39, 0.29) is 29.1 Å². The fraction of sp³-hybridized carbons (Fsp3) is 0.293. The van der Waals surface area contributed by atoms with Crippen LogP contribution in [0.15, 0.2) is 145 Å². The Labute approximate surface area is 759 Å². The third kappa shape index (κ3) is 20.0. The van der Waals surface area contributed by atoms with Gasteiger partial charge in [-0.15, -0.1) is 0 Å². The number of rotatable bonds is 25. The van der Waals surface area contributed by atoms with Gasteiger partial charge in [-0.1, -0.05) is 87.8 Å². The van der Waals surface area contributed by atoms with Crippen LogP contribution in [0.1, 0.15) is 161 Å². The highest BCUT2D eigenvalue weighted by molar-refractivity contribution is 6.36. The molecule has 15 rings (SSSR count). The quantitative estimate of drug-likeness (QED) is 0.0389. The molecule has 12 aromatic rings. The number of carboxylic acid groups (broad SMARTS) is 1. The number of carbonyl (C=O) groups is 4. The third-order valence-electron chi connectivity index (χ3n) is 23.3. The molecule has 646 valence electrons. The zero-order valence-corrected chi connectivity index (χ0v) is 77.7. The summed E-state index contributed by atoms with van der Waals surface area (Å²) in [6.45, 7) is 29.2. The molecule has 6 heterocycles. The zero-order chi connectivity index (χ0) is 89.8. The van der Waals surface area contributed by atoms with Crippen molar-refractivity contribution in [2.24, 2.45) is 21.1 Å². The molecule has 0 aliphatic heterocycles. The molecule has 0 saturated carbocycles. The lowest BCUT2D eigenvalue weighted by Gasteiger charge is -2.14. The summed E-state index contributed by atoms with van der Waals surface area (Å²) in [5, 5.41) is 36.2. The van der Waals surface area contributed by atoms with Crippen LogP contribution >= 0.6 is 69.6 Å². The first kappa shape index (κ1) is 91.3. The number of carboxylic acids is 1. The van der Waals surface area contributed by atoms with Gasteiger partial charge >= 0.3 is 5.97 Å². The number of amides is 3. The van der Waals surface area contributed by atoms with E-state index < -0.39 is 5.97 Å². The predicted molar refractivity (Wildman–Crippen MR) is 503 cm³/mol. The number of nitrogens with zero attached hydrogens (tertiary/aromatic N) is 9. The second kappa shape index (κ2) is 39.0. The number of allylic oxidation sites excluding steroid dienone is 3. The van der Waals surface area contributed by atoms with Crippen molar-refractivity contribution < 1.29 is 38.5 Å². The van der Waals surface area contributed by atoms with E-state index in [1.807, 2.05) is 229 Å². The number of nitrogens with one attached hydrogen (secondary N) is 3. The van der Waals surface area contributed by atoms with E-state index in [1.165, 1.54) is 18.3 Å². The van der Waals surface area contributed by atoms with Gasteiger partial charge in [-0.2, -0.15) is 15.3 Å². The average Bonchev–Trinajstić information content (AvgIpc) is 1.61. The van der Waals surface area contributed by atoms with Crippen molar-refractivity contribution in [3.63, 3.8) is 0 Å². The summed E-state index contributed by atoms with van der Waals surface area (Å²) < 4.78 is 23.8. The van der Waals surface area contributed by atoms with Crippen LogP contribution in [0.25, 0.3) is 50.1 Å². The highest BCUT2D eigenvalue weighted by Crippen LogP contribution is 2.50. The maximum atomic E-state index is 13.7. The molecule has 0 atom stereocenters. The van der Waals surface area contributed by atoms with Crippen LogP contribution in [0.5, 0.6) is 17.2 Å². The lowest BCUT2D eigenvalue weighted by atomic mass is 9.93. The van der Waals surface area contributed by atoms with Crippen molar-refractivity contribution in [3.05, 3.63) is 292 Å². The Bertz CT molecular complexity index is 6320. The van der Waals surface area contributed by atoms with Crippen molar-refractivity contribution in [2.75, 3.05) is 35.8 Å². The molecule has 0 fully saturated rings. The lowest BCUT2D eigenvalue weighted by Crippen LogP contribution is -2.16. The number of ether oxygens (including phenoxy) is 3. The van der Waals surface area contributed by atoms with Crippen LogP contribution in [0.4, 0.5) is 17.3 Å². The minimum absolute atomic E-state index is 0.0405. The molecule has 3 aliphatic rings. The van der Waals surface area contributed by atoms with E-state index in [9.17, 15) is 24.3 Å². The molecule has 3 amide bonds. The molecular formula is C99H100Cl6N12O8. The number of anilines is 3. The number of aromatic nitrogens is 9. The molecule has 4 N–H and O–H groups in total. The number of halogens is 6. The first-order valence-corrected chi connectivity index (χ1v) is 43.6. The van der Waals surface area contributed by atoms with Crippen molar-refractivity contribution >= 4 is 127 Å². The number of aromatic carboxylic acids is 1. The summed E-state index contributed by atoms with van der Waals surface area (Å²) >= 11 is 39.5. The Morgan fingerprint density at radius 2 is 0.744 bits per heavy atom. The third-order valence-corrected chi connectivity index (χ3v) is 26.1. The number of carbonyl (C=O) groups excluding carboxylic acids is 3. The number of aryl methyl sites for hydroxylation is 14. The van der Waals surface area contributed by atoms with E-state index in [2.05, 4.69) is 46.2 Å². The first-order valence-electron chi connectivity index (χ1n) is 41.4. The largest absolute Gasteiger partial charge is 0.494 e. The summed E-state index contributed by atoms with van der Waals surface area (Å²) in [6, 6.07) is 33.9. The van der Waals surface area contributed by atoms with Crippen LogP contribution in [0.2, 0.25) is 30.1 Å². The van der Waals surface area contributed by atoms with Crippen LogP contribution in [-0.4, -0.2) is 92.9 Å². The van der Waals surface area contributed by atoms with Gasteiger partial charge in [-0.25, -0.2) is 14.8 Å². The SMILES string of the molecule is Cc1cc(OCCCC2=C(C(=O)Nc3ccc(C(=O)O)cn3)Cc3c2ccc(Cl)c3-c2c(C)nn(C)c2C)cc(C)c1Cl.Cc1ccc(NC(=O)C2=C(CCCOc3cc(C)c(Cl)c(C)c3)c3ccc(Cl)c(-c4c(C)nn(C)c4C)c3C2)cn1.Cc1ccnc(NC(=O)C2=C(CCCOc3cc(C)c(Cl)c(C)c3)c3ccc(Cl)c(-c4c(C)nn(C)c4C)c3C2)c1. The van der Waals surface area contributed by atoms with Gasteiger partial charge in [0.1, 0.15) is 28.9 Å². The smallest absolute Gasteiger partial charge is 0.337 e. The standard InChI is InChI=1S/C33H32Cl2N4O4.2C33H34Cl2N4O2/c1-17-13-22(14-18(2)31(17)35)43-12-6-7-23-24-9-10-27(34)30(29-19(3)38-39(5)20(29)4)25(24)15-26(23)32(40)37-28-11-8-21(16-36-28)33(41)42;1-18-14-24(15-19(2)32(18)35)41-13-7-8-25-26-11-12-29(34)31(30-21(4)38-39(6)22(30)5)27(26)16-28(25)33(40)37-23-10-9-20(3)36-17-23;1-18-11-12-36-29(14-18)37-33(40)27-17-26-25(9-10-28(34)31(26)30-21(4)38-39(6)22(30)5)24(27)8-7-13-41-23-15-19(2)32(35)20(3)16-23/h8-11,13-14,16H,6-7,12,15H2,1-5H3,(H,41,42)(H,36,37,40);9-12,14-15,17H,7-8,13,16H2,1-6H3,(H,37,40);9-12,14-16H,7-8,13,17H2,1-6H3,(H,36,37,40). The molecule has 26 heteroatoms. The predicted octanol–water partition coefficient (Wildman–Crippen LogP) is 23.8. The summed E-state index contributed by atoms with van der Waals surface area (Å²) in [6.07, 6.45) is 10.0. The summed E-state index contributed by atoms with van der Waals surface area (Å²) in [4.78, 5) is 65.2. The van der Waals surface area contributed by atoms with E-state index in [0.29, 0.717) is 96.9 Å². The number of hydrogen-bond acceptors (Lipinski definition) is 13. The topological polar surface area (TPSA) is 244 Å². The monoisotopic (exact) mass is 1790 g/mol. The Hall–Kier alpha value is -11.4. The van der Waals surface area contributed by atoms with Crippen LogP contribution in [0, 0.1) is 96.9 Å². The summed E-state index contributed by atoms with van der Waals surface area (Å²) in [7, 11) is 5.77. The van der Waals surface area contributed by atoms with Crippen molar-refractivity contribution in [1.82, 2.24) is 44.3 Å². The molecular weight excluding hydrogens is 1700 g/mol. The van der Waals surface area contributed by atoms with Gasteiger partial charge in [0.25, 0.3) is 17.7 Å². The van der Waals surface area contributed by atoms with Gasteiger partial charge in [0.15, 0.2) is 0 Å². The van der Waals surface area contributed by atoms with Gasteiger partial charge in [0.05, 0.1) is 54.4 Å². The van der Waals surface area contributed by atoms with E-state index in [4.69, 9.17) is 83.8 Å². The minimum atomic E-state index is -1.09. The number of benzene rings is 6. The molecule has 0 bridgehead atoms. The highest BCUT2D eigenvalue weighted by Gasteiger charge is 2.36. The molecule has 125 heavy (non-hydrogen) atoms. The number of fused-ring (bicyclic) bond motifs is 3. The lowest BCUT2D eigenvalue weighted by molar-refractivity contribution is -0.113. The molecule has 3 aliphatic carbocycles. The Kier molecular flexibility index (Phi) is 28.5. The van der Waals surface area contributed by atoms with E-state index in [0.717, 1.165) is 219 Å². The van der Waals surface area contributed by atoms with Gasteiger partial charge in [-0.3, -0.25) is 33.4 Å². The highest BCUT2D eigenvalue weighted by atomic mass is 35.5. The fourth-order valence-electron chi connectivity index (χ4n) is 16.9. The number of hydrogen-bond donors (Lipinski definition) is 4. The molecule has 20 nitrogen and oxygen atoms in total. The van der Waals surface area contributed by atoms with E-state index >= 15 is 0 Å². The van der Waals surface area contributed by atoms with Crippen LogP contribution in [-0.2, 0) is 54.8 Å². The van der Waals surface area contributed by atoms with Gasteiger partial charge in [0, 0.05) is 156 Å². The average molecular weight is 1800 g/mol. The normalized spacial score (nSPS) is 12.5. The maximum Gasteiger partial charge on any atom is 0.337 e.